The van der Waals surface area contributed by atoms with Gasteiger partial charge in [0.25, 0.3) is 0 Å². The zero-order valence-electron chi connectivity index (χ0n) is 7.97. The van der Waals surface area contributed by atoms with E-state index in [0.717, 1.165) is 5.56 Å². The molecule has 1 unspecified atom stereocenters. The summed E-state index contributed by atoms with van der Waals surface area (Å²) in [7, 11) is 0. The Morgan fingerprint density at radius 3 is 2.47 bits per heavy atom. The predicted octanol–water partition coefficient (Wildman–Crippen LogP) is 1.93. The van der Waals surface area contributed by atoms with Gasteiger partial charge < -0.3 is 10.2 Å². The highest BCUT2D eigenvalue weighted by Crippen LogP contribution is 2.33. The Hall–Kier alpha value is -1.09. The molecule has 15 heavy (non-hydrogen) atoms. The third kappa shape index (κ3) is 1.84. The molecule has 0 spiro atoms. The molecule has 0 aromatic heterocycles. The van der Waals surface area contributed by atoms with Crippen molar-refractivity contribution in [3.05, 3.63) is 54.1 Å². The molecular formula is C12H11ClO2. The van der Waals surface area contributed by atoms with Gasteiger partial charge in [0, 0.05) is 5.57 Å². The summed E-state index contributed by atoms with van der Waals surface area (Å²) >= 11 is 5.83. The quantitative estimate of drug-likeness (QED) is 0.563. The number of rotatable bonds is 1. The maximum Gasteiger partial charge on any atom is 0.211 e. The van der Waals surface area contributed by atoms with E-state index in [1.165, 1.54) is 0 Å². The van der Waals surface area contributed by atoms with E-state index in [2.05, 4.69) is 0 Å². The molecule has 1 atom stereocenters. The molecule has 78 valence electrons. The van der Waals surface area contributed by atoms with Gasteiger partial charge in [0.2, 0.25) is 5.79 Å². The summed E-state index contributed by atoms with van der Waals surface area (Å²) in [5, 5.41) is 18.9. The molecule has 0 saturated carbocycles. The minimum atomic E-state index is -2.00. The zero-order valence-corrected chi connectivity index (χ0v) is 8.72. The van der Waals surface area contributed by atoms with Gasteiger partial charge in [-0.05, 0) is 5.56 Å². The Morgan fingerprint density at radius 2 is 1.80 bits per heavy atom. The molecule has 1 aliphatic carbocycles. The fourth-order valence-electron chi connectivity index (χ4n) is 1.58. The molecule has 0 bridgehead atoms. The second kappa shape index (κ2) is 3.81. The molecule has 0 aliphatic heterocycles. The summed E-state index contributed by atoms with van der Waals surface area (Å²) in [4.78, 5) is 0. The van der Waals surface area contributed by atoms with Crippen LogP contribution in [0, 0.1) is 0 Å². The van der Waals surface area contributed by atoms with Gasteiger partial charge in [-0.25, -0.2) is 0 Å². The number of aliphatic hydroxyl groups is 2. The number of hydrogen-bond donors (Lipinski definition) is 2. The van der Waals surface area contributed by atoms with Crippen LogP contribution < -0.4 is 0 Å². The number of halogens is 1. The lowest BCUT2D eigenvalue weighted by molar-refractivity contribution is -0.102. The van der Waals surface area contributed by atoms with Crippen LogP contribution in [0.4, 0.5) is 0 Å². The first-order chi connectivity index (χ1) is 7.12. The van der Waals surface area contributed by atoms with Gasteiger partial charge in [-0.2, -0.15) is 0 Å². The molecule has 2 nitrogen and oxygen atoms in total. The van der Waals surface area contributed by atoms with E-state index < -0.39 is 11.2 Å². The third-order valence-corrected chi connectivity index (χ3v) is 2.86. The van der Waals surface area contributed by atoms with Crippen LogP contribution in [0.3, 0.4) is 0 Å². The van der Waals surface area contributed by atoms with Gasteiger partial charge in [-0.15, -0.1) is 11.6 Å². The highest BCUT2D eigenvalue weighted by Gasteiger charge is 2.37. The standard InChI is InChI=1S/C12H11ClO2/c13-11-8-4-7-10(12(11,14)15)9-5-2-1-3-6-9/h1-8,11,14-15H. The largest absolute Gasteiger partial charge is 0.361 e. The van der Waals surface area contributed by atoms with Crippen molar-refractivity contribution in [3.8, 4) is 0 Å². The smallest absolute Gasteiger partial charge is 0.211 e. The highest BCUT2D eigenvalue weighted by molar-refractivity contribution is 6.23. The molecule has 2 N–H and O–H groups in total. The lowest BCUT2D eigenvalue weighted by atomic mass is 9.91. The van der Waals surface area contributed by atoms with E-state index in [1.54, 1.807) is 18.2 Å². The van der Waals surface area contributed by atoms with Crippen molar-refractivity contribution in [2.45, 2.75) is 11.2 Å². The number of allylic oxidation sites excluding steroid dienone is 2. The molecule has 1 aromatic carbocycles. The van der Waals surface area contributed by atoms with E-state index in [-0.39, 0.29) is 0 Å². The van der Waals surface area contributed by atoms with Crippen molar-refractivity contribution in [3.63, 3.8) is 0 Å². The number of hydrogen-bond acceptors (Lipinski definition) is 2. The van der Waals surface area contributed by atoms with E-state index in [4.69, 9.17) is 11.6 Å². The Bertz CT molecular complexity index is 407. The normalized spacial score (nSPS) is 23.7. The fraction of sp³-hybridized carbons (Fsp3) is 0.167. The van der Waals surface area contributed by atoms with Crippen LogP contribution in [0.2, 0.25) is 0 Å². The van der Waals surface area contributed by atoms with Crippen LogP contribution in [0.5, 0.6) is 0 Å². The van der Waals surface area contributed by atoms with Crippen molar-refractivity contribution in [1.82, 2.24) is 0 Å². The van der Waals surface area contributed by atoms with Crippen LogP contribution in [0.15, 0.2) is 48.6 Å². The zero-order chi connectivity index (χ0) is 10.9. The van der Waals surface area contributed by atoms with Gasteiger partial charge in [-0.1, -0.05) is 48.6 Å². The average molecular weight is 223 g/mol. The average Bonchev–Trinajstić information content (AvgIpc) is 2.23. The summed E-state index contributed by atoms with van der Waals surface area (Å²) in [6, 6.07) is 9.19. The summed E-state index contributed by atoms with van der Waals surface area (Å²) in [5.74, 6) is -2.00. The minimum absolute atomic E-state index is 0.422. The maximum atomic E-state index is 9.86. The summed E-state index contributed by atoms with van der Waals surface area (Å²) < 4.78 is 0. The second-order valence-corrected chi connectivity index (χ2v) is 3.93. The van der Waals surface area contributed by atoms with Crippen molar-refractivity contribution >= 4 is 17.2 Å². The van der Waals surface area contributed by atoms with Crippen LogP contribution >= 0.6 is 11.6 Å². The molecule has 0 saturated heterocycles. The topological polar surface area (TPSA) is 40.5 Å². The lowest BCUT2D eigenvalue weighted by Crippen LogP contribution is -2.40. The van der Waals surface area contributed by atoms with Crippen molar-refractivity contribution in [1.29, 1.82) is 0 Å². The van der Waals surface area contributed by atoms with E-state index >= 15 is 0 Å². The van der Waals surface area contributed by atoms with Crippen molar-refractivity contribution < 1.29 is 10.2 Å². The van der Waals surface area contributed by atoms with E-state index in [9.17, 15) is 10.2 Å². The molecule has 1 aliphatic rings. The third-order valence-electron chi connectivity index (χ3n) is 2.41. The molecule has 2 rings (SSSR count). The van der Waals surface area contributed by atoms with Gasteiger partial charge in [-0.3, -0.25) is 0 Å². The molecule has 3 heteroatoms. The summed E-state index contributed by atoms with van der Waals surface area (Å²) in [6.45, 7) is 0. The second-order valence-electron chi connectivity index (χ2n) is 3.46. The molecule has 0 fully saturated rings. The van der Waals surface area contributed by atoms with Crippen molar-refractivity contribution in [2.24, 2.45) is 0 Å². The van der Waals surface area contributed by atoms with Crippen LogP contribution in [-0.2, 0) is 0 Å². The van der Waals surface area contributed by atoms with Crippen LogP contribution in [-0.4, -0.2) is 21.4 Å². The Morgan fingerprint density at radius 1 is 1.13 bits per heavy atom. The highest BCUT2D eigenvalue weighted by atomic mass is 35.5. The monoisotopic (exact) mass is 222 g/mol. The Labute approximate surface area is 93.1 Å². The number of alkyl halides is 1. The van der Waals surface area contributed by atoms with Gasteiger partial charge in [0.05, 0.1) is 0 Å². The maximum absolute atomic E-state index is 9.86. The van der Waals surface area contributed by atoms with E-state index in [1.807, 2.05) is 30.3 Å². The molecular weight excluding hydrogens is 212 g/mol. The fourth-order valence-corrected chi connectivity index (χ4v) is 1.78. The van der Waals surface area contributed by atoms with Gasteiger partial charge in [0.1, 0.15) is 5.38 Å². The lowest BCUT2D eigenvalue weighted by Gasteiger charge is -2.30. The van der Waals surface area contributed by atoms with Crippen LogP contribution in [0.25, 0.3) is 5.57 Å². The summed E-state index contributed by atoms with van der Waals surface area (Å²) in [5.41, 5.74) is 1.18. The number of benzene rings is 1. The molecule has 0 amide bonds. The minimum Gasteiger partial charge on any atom is -0.361 e. The molecule has 1 aromatic rings. The summed E-state index contributed by atoms with van der Waals surface area (Å²) in [6.07, 6.45) is 4.94. The first-order valence-corrected chi connectivity index (χ1v) is 5.09. The molecule has 0 heterocycles. The SMILES string of the molecule is OC1(O)C(c2ccccc2)=CC=CC1Cl. The van der Waals surface area contributed by atoms with Crippen molar-refractivity contribution in [2.75, 3.05) is 0 Å². The predicted molar refractivity (Wildman–Crippen MR) is 60.4 cm³/mol. The Balaban J connectivity index is 2.45. The first-order valence-electron chi connectivity index (χ1n) is 4.65. The Kier molecular flexibility index (Phi) is 2.65. The van der Waals surface area contributed by atoms with Crippen LogP contribution in [0.1, 0.15) is 5.56 Å². The van der Waals surface area contributed by atoms with Gasteiger partial charge in [0.15, 0.2) is 0 Å². The van der Waals surface area contributed by atoms with E-state index in [0.29, 0.717) is 5.57 Å². The first kappa shape index (κ1) is 10.4. The molecule has 0 radical (unpaired) electrons. The van der Waals surface area contributed by atoms with Gasteiger partial charge >= 0.3 is 0 Å².